The molecule has 4 N–H and O–H groups in total. The highest BCUT2D eigenvalue weighted by molar-refractivity contribution is 6.19. The zero-order valence-corrected chi connectivity index (χ0v) is 24.8. The molecular weight excluding hydrogens is 574 g/mol. The molecule has 0 radical (unpaired) electrons. The number of alkyl halides is 1. The Morgan fingerprint density at radius 1 is 0.795 bits per heavy atom. The van der Waals surface area contributed by atoms with E-state index in [2.05, 4.69) is 0 Å². The van der Waals surface area contributed by atoms with Crippen LogP contribution in [0.15, 0.2) is 84.9 Å². The highest BCUT2D eigenvalue weighted by Crippen LogP contribution is 2.46. The fourth-order valence-corrected chi connectivity index (χ4v) is 7.27. The van der Waals surface area contributed by atoms with Gasteiger partial charge in [-0.1, -0.05) is 60.7 Å². The van der Waals surface area contributed by atoms with E-state index in [1.165, 1.54) is 0 Å². The largest absolute Gasteiger partial charge is 0.507 e. The SMILES string of the molecule is Nc1ccc(C(CC(=O)N2CCc3c2cc(O)c2ccccc32)CC(=O)N2CC(CCl)c3c2cc(O)c2ccccc32)cc1. The lowest BCUT2D eigenvalue weighted by molar-refractivity contribution is -0.120. The van der Waals surface area contributed by atoms with Crippen LogP contribution in [0.2, 0.25) is 0 Å². The molecule has 0 aliphatic carbocycles. The van der Waals surface area contributed by atoms with Gasteiger partial charge < -0.3 is 25.7 Å². The molecule has 2 aliphatic heterocycles. The lowest BCUT2D eigenvalue weighted by Gasteiger charge is -2.25. The topological polar surface area (TPSA) is 107 Å². The smallest absolute Gasteiger partial charge is 0.227 e. The van der Waals surface area contributed by atoms with Crippen molar-refractivity contribution in [1.82, 2.24) is 0 Å². The van der Waals surface area contributed by atoms with Gasteiger partial charge in [0.15, 0.2) is 0 Å². The first-order chi connectivity index (χ1) is 21.3. The number of fused-ring (bicyclic) bond motifs is 6. The molecule has 44 heavy (non-hydrogen) atoms. The number of hydrogen-bond donors (Lipinski definition) is 3. The van der Waals surface area contributed by atoms with Crippen LogP contribution < -0.4 is 15.5 Å². The summed E-state index contributed by atoms with van der Waals surface area (Å²) >= 11 is 6.41. The zero-order valence-electron chi connectivity index (χ0n) is 24.0. The second kappa shape index (κ2) is 11.1. The molecule has 0 aromatic heterocycles. The first-order valence-electron chi connectivity index (χ1n) is 14.8. The Morgan fingerprint density at radius 2 is 1.36 bits per heavy atom. The minimum absolute atomic E-state index is 0.0821. The molecule has 7 nitrogen and oxygen atoms in total. The predicted octanol–water partition coefficient (Wildman–Crippen LogP) is 6.81. The highest BCUT2D eigenvalue weighted by atomic mass is 35.5. The van der Waals surface area contributed by atoms with Crippen LogP contribution in [0.3, 0.4) is 0 Å². The van der Waals surface area contributed by atoms with Crippen LogP contribution in [-0.2, 0) is 16.0 Å². The van der Waals surface area contributed by atoms with Crippen molar-refractivity contribution in [3.8, 4) is 11.5 Å². The normalized spacial score (nSPS) is 16.3. The van der Waals surface area contributed by atoms with E-state index in [0.29, 0.717) is 36.8 Å². The number of phenolic OH excluding ortho intramolecular Hbond substituents is 2. The maximum Gasteiger partial charge on any atom is 0.227 e. The number of nitrogens with two attached hydrogens (primary N) is 1. The van der Waals surface area contributed by atoms with Crippen LogP contribution >= 0.6 is 11.6 Å². The Bertz CT molecular complexity index is 1940. The molecule has 2 atom stereocenters. The summed E-state index contributed by atoms with van der Waals surface area (Å²) in [6.07, 6.45) is 0.877. The van der Waals surface area contributed by atoms with Gasteiger partial charge in [-0.3, -0.25) is 9.59 Å². The Labute approximate surface area is 260 Å². The van der Waals surface area contributed by atoms with Crippen molar-refractivity contribution < 1.29 is 19.8 Å². The van der Waals surface area contributed by atoms with Crippen molar-refractivity contribution in [1.29, 1.82) is 0 Å². The maximum atomic E-state index is 14.1. The highest BCUT2D eigenvalue weighted by Gasteiger charge is 2.36. The number of nitrogens with zero attached hydrogens (tertiary/aromatic N) is 2. The molecule has 7 rings (SSSR count). The molecule has 2 heterocycles. The summed E-state index contributed by atoms with van der Waals surface area (Å²) in [4.78, 5) is 31.5. The Hall–Kier alpha value is -4.75. The third-order valence-corrected chi connectivity index (χ3v) is 9.54. The van der Waals surface area contributed by atoms with Gasteiger partial charge in [-0.2, -0.15) is 0 Å². The van der Waals surface area contributed by atoms with E-state index in [1.54, 1.807) is 34.1 Å². The maximum absolute atomic E-state index is 14.1. The minimum Gasteiger partial charge on any atom is -0.507 e. The lowest BCUT2D eigenvalue weighted by atomic mass is 9.91. The van der Waals surface area contributed by atoms with Crippen molar-refractivity contribution in [3.63, 3.8) is 0 Å². The van der Waals surface area contributed by atoms with E-state index in [9.17, 15) is 19.8 Å². The molecule has 2 amide bonds. The minimum atomic E-state index is -0.416. The van der Waals surface area contributed by atoms with Gasteiger partial charge in [-0.25, -0.2) is 0 Å². The molecule has 2 unspecified atom stereocenters. The molecule has 8 heteroatoms. The lowest BCUT2D eigenvalue weighted by Crippen LogP contribution is -2.34. The Kier molecular flexibility index (Phi) is 7.05. The van der Waals surface area contributed by atoms with Crippen molar-refractivity contribution in [2.75, 3.05) is 34.5 Å². The zero-order chi connectivity index (χ0) is 30.5. The third kappa shape index (κ3) is 4.68. The van der Waals surface area contributed by atoms with Crippen molar-refractivity contribution in [2.45, 2.75) is 31.1 Å². The second-order valence-corrected chi connectivity index (χ2v) is 12.0. The van der Waals surface area contributed by atoms with E-state index in [-0.39, 0.29) is 42.1 Å². The summed E-state index contributed by atoms with van der Waals surface area (Å²) in [6, 6.07) is 25.9. The van der Waals surface area contributed by atoms with Crippen LogP contribution in [0.5, 0.6) is 11.5 Å². The number of hydrogen-bond acceptors (Lipinski definition) is 5. The number of halogens is 1. The molecule has 5 aromatic rings. The molecule has 0 fully saturated rings. The van der Waals surface area contributed by atoms with Crippen molar-refractivity contribution in [2.24, 2.45) is 0 Å². The first kappa shape index (κ1) is 28.0. The quantitative estimate of drug-likeness (QED) is 0.146. The van der Waals surface area contributed by atoms with Gasteiger partial charge in [-0.15, -0.1) is 11.6 Å². The molecule has 0 saturated carbocycles. The van der Waals surface area contributed by atoms with Crippen molar-refractivity contribution >= 4 is 62.0 Å². The molecule has 222 valence electrons. The average Bonchev–Trinajstić information content (AvgIpc) is 3.63. The van der Waals surface area contributed by atoms with Crippen molar-refractivity contribution in [3.05, 3.63) is 102 Å². The van der Waals surface area contributed by atoms with E-state index in [0.717, 1.165) is 43.9 Å². The molecule has 0 spiro atoms. The summed E-state index contributed by atoms with van der Waals surface area (Å²) in [5.74, 6) is -0.169. The number of carbonyl (C=O) groups is 2. The number of benzene rings is 5. The molecule has 0 saturated heterocycles. The fourth-order valence-electron chi connectivity index (χ4n) is 7.02. The van der Waals surface area contributed by atoms with E-state index < -0.39 is 5.92 Å². The number of amides is 2. The fraction of sp³-hybridized carbons (Fsp3) is 0.222. The van der Waals surface area contributed by atoms with Crippen LogP contribution in [0, 0.1) is 0 Å². The number of phenols is 2. The summed E-state index contributed by atoms with van der Waals surface area (Å²) < 4.78 is 0. The number of carbonyl (C=O) groups excluding carboxylic acids is 2. The summed E-state index contributed by atoms with van der Waals surface area (Å²) in [6.45, 7) is 0.909. The summed E-state index contributed by atoms with van der Waals surface area (Å²) in [7, 11) is 0. The van der Waals surface area contributed by atoms with Crippen LogP contribution in [0.4, 0.5) is 17.1 Å². The average molecular weight is 606 g/mol. The van der Waals surface area contributed by atoms with Gasteiger partial charge >= 0.3 is 0 Å². The van der Waals surface area contributed by atoms with Crippen LogP contribution in [-0.4, -0.2) is 41.0 Å². The standard InChI is InChI=1S/C36H32ClN3O4/c37-19-23-20-40(31-18-33(42)28-7-3-4-8-29(28)36(23)31)35(44)16-22(21-9-11-24(38)12-10-21)15-34(43)39-14-13-26-25-5-1-2-6-27(25)32(41)17-30(26)39/h1-12,17-18,22-23,41-42H,13-16,19-20,38H2. The van der Waals surface area contributed by atoms with Gasteiger partial charge in [0.1, 0.15) is 11.5 Å². The van der Waals surface area contributed by atoms with Gasteiger partial charge in [0.25, 0.3) is 0 Å². The Morgan fingerprint density at radius 3 is 2.02 bits per heavy atom. The van der Waals surface area contributed by atoms with E-state index in [1.807, 2.05) is 60.7 Å². The number of rotatable bonds is 6. The molecule has 5 aromatic carbocycles. The van der Waals surface area contributed by atoms with E-state index >= 15 is 0 Å². The van der Waals surface area contributed by atoms with E-state index in [4.69, 9.17) is 17.3 Å². The Balaban J connectivity index is 1.20. The number of anilines is 3. The predicted molar refractivity (Wildman–Crippen MR) is 176 cm³/mol. The second-order valence-electron chi connectivity index (χ2n) is 11.7. The van der Waals surface area contributed by atoms with Gasteiger partial charge in [0.2, 0.25) is 11.8 Å². The van der Waals surface area contributed by atoms with Gasteiger partial charge in [0.05, 0.1) is 11.4 Å². The molecular formula is C36H32ClN3O4. The van der Waals surface area contributed by atoms with Gasteiger partial charge in [-0.05, 0) is 46.0 Å². The monoisotopic (exact) mass is 605 g/mol. The van der Waals surface area contributed by atoms with Crippen LogP contribution in [0.1, 0.15) is 41.4 Å². The van der Waals surface area contributed by atoms with Crippen LogP contribution in [0.25, 0.3) is 21.5 Å². The molecule has 2 aliphatic rings. The van der Waals surface area contributed by atoms with Gasteiger partial charge in [0, 0.05) is 72.2 Å². The first-order valence-corrected chi connectivity index (χ1v) is 15.4. The number of nitrogen functional groups attached to an aromatic ring is 1. The third-order valence-electron chi connectivity index (χ3n) is 9.17. The molecule has 0 bridgehead atoms. The summed E-state index contributed by atoms with van der Waals surface area (Å²) in [5, 5.41) is 24.9. The summed E-state index contributed by atoms with van der Waals surface area (Å²) in [5.41, 5.74) is 10.8. The number of aromatic hydroxyl groups is 2.